The molecule has 3 aromatic heterocycles. The fraction of sp³-hybridized carbons (Fsp3) is 0.333. The maximum Gasteiger partial charge on any atom is 0.435 e. The Balaban J connectivity index is 1.53. The molecular formula is C39H34F7N7O4S. The van der Waals surface area contributed by atoms with Crippen LogP contribution >= 0.6 is 0 Å². The third kappa shape index (κ3) is 8.51. The quantitative estimate of drug-likeness (QED) is 0.118. The molecule has 3 heterocycles. The zero-order chi connectivity index (χ0) is 42.5. The van der Waals surface area contributed by atoms with Crippen molar-refractivity contribution in [3.05, 3.63) is 94.1 Å². The lowest BCUT2D eigenvalue weighted by atomic mass is 9.93. The molecule has 0 fully saturated rings. The lowest BCUT2D eigenvalue weighted by Gasteiger charge is -2.23. The number of hydrogen-bond acceptors (Lipinski definition) is 7. The summed E-state index contributed by atoms with van der Waals surface area (Å²) in [5, 5.41) is 20.4. The first-order valence-electron chi connectivity index (χ1n) is 17.4. The number of aryl methyl sites for hydroxylation is 1. The van der Waals surface area contributed by atoms with Crippen molar-refractivity contribution in [3.63, 3.8) is 0 Å². The molecule has 2 aromatic carbocycles. The van der Waals surface area contributed by atoms with Crippen LogP contribution in [0, 0.1) is 47.2 Å². The van der Waals surface area contributed by atoms with Gasteiger partial charge in [-0.05, 0) is 68.5 Å². The molecule has 58 heavy (non-hydrogen) atoms. The summed E-state index contributed by atoms with van der Waals surface area (Å²) < 4.78 is 130. The molecule has 0 radical (unpaired) electrons. The maximum absolute atomic E-state index is 15.5. The number of aliphatic hydroxyl groups is 1. The van der Waals surface area contributed by atoms with Crippen LogP contribution in [0.1, 0.15) is 53.8 Å². The van der Waals surface area contributed by atoms with Crippen molar-refractivity contribution in [2.45, 2.75) is 51.4 Å². The number of fused-ring (bicyclic) bond motifs is 2. The summed E-state index contributed by atoms with van der Waals surface area (Å²) in [6.45, 7) is 1.84. The highest BCUT2D eigenvalue weighted by Crippen LogP contribution is 2.49. The fourth-order valence-corrected chi connectivity index (χ4v) is 7.24. The van der Waals surface area contributed by atoms with Crippen LogP contribution in [0.2, 0.25) is 0 Å². The van der Waals surface area contributed by atoms with Crippen LogP contribution in [0.3, 0.4) is 0 Å². The van der Waals surface area contributed by atoms with Crippen molar-refractivity contribution < 1.29 is 49.1 Å². The molecule has 11 nitrogen and oxygen atoms in total. The summed E-state index contributed by atoms with van der Waals surface area (Å²) in [4.78, 5) is 18.6. The Labute approximate surface area is 327 Å². The molecule has 5 aromatic rings. The summed E-state index contributed by atoms with van der Waals surface area (Å²) in [5.74, 6) is -1.43. The van der Waals surface area contributed by atoms with E-state index >= 15 is 8.78 Å². The Hall–Kier alpha value is -5.92. The molecule has 0 bridgehead atoms. The van der Waals surface area contributed by atoms with Crippen LogP contribution in [0.15, 0.2) is 48.5 Å². The van der Waals surface area contributed by atoms with Gasteiger partial charge in [0.2, 0.25) is 15.9 Å². The summed E-state index contributed by atoms with van der Waals surface area (Å²) in [7, 11) is -2.25. The van der Waals surface area contributed by atoms with Gasteiger partial charge in [-0.15, -0.1) is 6.42 Å². The third-order valence-electron chi connectivity index (χ3n) is 9.29. The predicted molar refractivity (Wildman–Crippen MR) is 198 cm³/mol. The van der Waals surface area contributed by atoms with Gasteiger partial charge in [0, 0.05) is 40.6 Å². The second kappa shape index (κ2) is 15.1. The first-order valence-corrected chi connectivity index (χ1v) is 19.2. The lowest BCUT2D eigenvalue weighted by Crippen LogP contribution is -2.35. The van der Waals surface area contributed by atoms with Gasteiger partial charge in [-0.2, -0.15) is 32.1 Å². The number of rotatable bonds is 10. The highest BCUT2D eigenvalue weighted by atomic mass is 32.2. The first kappa shape index (κ1) is 41.7. The minimum absolute atomic E-state index is 0.00246. The van der Waals surface area contributed by atoms with Gasteiger partial charge in [0.25, 0.3) is 0 Å². The van der Waals surface area contributed by atoms with Crippen LogP contribution in [-0.4, -0.2) is 56.8 Å². The van der Waals surface area contributed by atoms with Crippen molar-refractivity contribution in [3.8, 4) is 35.3 Å². The van der Waals surface area contributed by atoms with Crippen molar-refractivity contribution >= 4 is 32.7 Å². The normalized spacial score (nSPS) is 15.7. The Morgan fingerprint density at radius 3 is 2.40 bits per heavy atom. The Morgan fingerprint density at radius 1 is 1.09 bits per heavy atom. The second-order valence-corrected chi connectivity index (χ2v) is 16.2. The lowest BCUT2D eigenvalue weighted by molar-refractivity contribution is -0.142. The number of sulfonamides is 1. The molecule has 3 N–H and O–H groups in total. The Kier molecular flexibility index (Phi) is 10.9. The van der Waals surface area contributed by atoms with E-state index in [1.54, 1.807) is 38.1 Å². The maximum atomic E-state index is 15.5. The average Bonchev–Trinajstić information content (AvgIpc) is 3.73. The molecule has 304 valence electrons. The van der Waals surface area contributed by atoms with E-state index in [0.717, 1.165) is 18.4 Å². The largest absolute Gasteiger partial charge is 0.435 e. The van der Waals surface area contributed by atoms with Gasteiger partial charge < -0.3 is 10.4 Å². The zero-order valence-electron chi connectivity index (χ0n) is 31.1. The summed E-state index contributed by atoms with van der Waals surface area (Å²) in [6.07, 6.45) is -0.214. The average molecular weight is 830 g/mol. The number of nitrogens with zero attached hydrogens (tertiary/aromatic N) is 5. The number of terminal acetylenes is 1. The smallest absolute Gasteiger partial charge is 0.395 e. The molecule has 0 aliphatic heterocycles. The number of pyridine rings is 1. The molecule has 0 saturated heterocycles. The Morgan fingerprint density at radius 2 is 1.78 bits per heavy atom. The predicted octanol–water partition coefficient (Wildman–Crippen LogP) is 5.87. The van der Waals surface area contributed by atoms with Gasteiger partial charge >= 0.3 is 12.1 Å². The molecule has 1 amide bonds. The van der Waals surface area contributed by atoms with Crippen LogP contribution in [0.4, 0.5) is 36.6 Å². The van der Waals surface area contributed by atoms with E-state index in [9.17, 15) is 40.3 Å². The molecule has 0 saturated carbocycles. The van der Waals surface area contributed by atoms with Gasteiger partial charge in [0.05, 0.1) is 36.0 Å². The van der Waals surface area contributed by atoms with E-state index in [-0.39, 0.29) is 39.6 Å². The SMILES string of the molecule is C#C[C@@H]1Cc2c(C(F)(F)F)nn(CC(=O)N[C@@H](Cc3cc(F)cc(F)c3)c3nc(C#CC(C)(C)CO)ccc3-c3cccc4c(NS(C)(=O)=O)nn(C)c34)c2C1(F)F. The first-order chi connectivity index (χ1) is 27.0. The number of para-hydroxylation sites is 1. The van der Waals surface area contributed by atoms with Crippen LogP contribution in [0.5, 0.6) is 0 Å². The number of anilines is 1. The number of benzene rings is 2. The van der Waals surface area contributed by atoms with Gasteiger partial charge in [0.1, 0.15) is 29.6 Å². The number of aromatic nitrogens is 5. The second-order valence-electron chi connectivity index (χ2n) is 14.4. The minimum Gasteiger partial charge on any atom is -0.395 e. The number of carbonyl (C=O) groups is 1. The van der Waals surface area contributed by atoms with Gasteiger partial charge in [0.15, 0.2) is 11.5 Å². The summed E-state index contributed by atoms with van der Waals surface area (Å²) in [6, 6.07) is 9.08. The number of hydrogen-bond donors (Lipinski definition) is 3. The number of alkyl halides is 5. The summed E-state index contributed by atoms with van der Waals surface area (Å²) >= 11 is 0. The number of amides is 1. The van der Waals surface area contributed by atoms with Crippen molar-refractivity contribution in [1.29, 1.82) is 0 Å². The standard InChI is InChI=1S/C39H34F7N7O4S/c1-6-22-17-29-34(39(44,45)46)49-53(35(29)38(22,42)43)19-31(55)48-30(16-21-14-23(40)18-24(41)15-21)32-26(11-10-25(47-32)12-13-37(2,3)20-54)27-8-7-9-28-33(27)52(4)50-36(28)51-58(5,56)57/h1,7-11,14-15,18,22,30,54H,16-17,19-20H2,2-5H3,(H,48,55)(H,50,51)/t22-,30+/m1/s1. The van der Waals surface area contributed by atoms with Gasteiger partial charge in [-0.25, -0.2) is 22.2 Å². The molecule has 1 aliphatic rings. The van der Waals surface area contributed by atoms with Crippen LogP contribution < -0.4 is 10.0 Å². The topological polar surface area (TPSA) is 144 Å². The van der Waals surface area contributed by atoms with Crippen molar-refractivity contribution in [1.82, 2.24) is 29.9 Å². The van der Waals surface area contributed by atoms with E-state index in [1.165, 1.54) is 17.8 Å². The summed E-state index contributed by atoms with van der Waals surface area (Å²) in [5.41, 5.74) is -3.41. The third-order valence-corrected chi connectivity index (χ3v) is 9.85. The molecule has 1 aliphatic carbocycles. The molecule has 19 heteroatoms. The van der Waals surface area contributed by atoms with E-state index in [2.05, 4.69) is 32.1 Å². The monoisotopic (exact) mass is 829 g/mol. The van der Waals surface area contributed by atoms with E-state index in [1.807, 2.05) is 5.92 Å². The number of halogens is 7. The van der Waals surface area contributed by atoms with Gasteiger partial charge in [-0.3, -0.25) is 18.9 Å². The molecule has 6 rings (SSSR count). The number of nitrogens with one attached hydrogen (secondary N) is 2. The van der Waals surface area contributed by atoms with Crippen molar-refractivity contribution in [2.75, 3.05) is 17.6 Å². The Bertz CT molecular complexity index is 2650. The molecule has 0 spiro atoms. The van der Waals surface area contributed by atoms with Crippen LogP contribution in [0.25, 0.3) is 22.0 Å². The fourth-order valence-electron chi connectivity index (χ4n) is 6.74. The molecule has 0 unspecified atom stereocenters. The molecular weight excluding hydrogens is 796 g/mol. The van der Waals surface area contributed by atoms with Crippen LogP contribution in [-0.2, 0) is 53.4 Å². The van der Waals surface area contributed by atoms with E-state index < -0.39 is 93.4 Å². The van der Waals surface area contributed by atoms with Gasteiger partial charge in [-0.1, -0.05) is 24.0 Å². The molecule has 2 atom stereocenters. The number of aliphatic hydroxyl groups excluding tert-OH is 1. The van der Waals surface area contributed by atoms with E-state index in [4.69, 9.17) is 11.4 Å². The minimum atomic E-state index is -5.16. The highest BCUT2D eigenvalue weighted by molar-refractivity contribution is 7.92. The number of carbonyl (C=O) groups excluding carboxylic acids is 1. The van der Waals surface area contributed by atoms with E-state index in [0.29, 0.717) is 22.5 Å². The van der Waals surface area contributed by atoms with Crippen molar-refractivity contribution in [2.24, 2.45) is 18.4 Å². The highest BCUT2D eigenvalue weighted by Gasteiger charge is 2.55. The zero-order valence-corrected chi connectivity index (χ0v) is 32.0.